The van der Waals surface area contributed by atoms with Crippen LogP contribution < -0.4 is 5.32 Å². The average Bonchev–Trinajstić information content (AvgIpc) is 3.45. The van der Waals surface area contributed by atoms with Gasteiger partial charge in [-0.25, -0.2) is 19.0 Å². The Hall–Kier alpha value is -4.40. The lowest BCUT2D eigenvalue weighted by molar-refractivity contribution is 0.102. The van der Waals surface area contributed by atoms with Crippen molar-refractivity contribution in [2.24, 2.45) is 0 Å². The van der Waals surface area contributed by atoms with Crippen molar-refractivity contribution in [3.8, 4) is 11.3 Å². The zero-order chi connectivity index (χ0) is 23.7. The van der Waals surface area contributed by atoms with Gasteiger partial charge in [0.25, 0.3) is 5.91 Å². The number of halogens is 1. The molecule has 0 spiro atoms. The first-order valence-electron chi connectivity index (χ1n) is 10.9. The molecule has 0 aliphatic rings. The summed E-state index contributed by atoms with van der Waals surface area (Å²) >= 11 is 0. The number of aromatic nitrogens is 6. The molecule has 0 aliphatic heterocycles. The van der Waals surface area contributed by atoms with Crippen molar-refractivity contribution in [1.82, 2.24) is 29.5 Å². The molecule has 0 atom stereocenters. The summed E-state index contributed by atoms with van der Waals surface area (Å²) < 4.78 is 16.6. The number of hydrogen-bond acceptors (Lipinski definition) is 5. The summed E-state index contributed by atoms with van der Waals surface area (Å²) in [4.78, 5) is 22.2. The highest BCUT2D eigenvalue weighted by Gasteiger charge is 2.18. The first kappa shape index (κ1) is 21.4. The van der Waals surface area contributed by atoms with Crippen LogP contribution in [0, 0.1) is 12.7 Å². The van der Waals surface area contributed by atoms with Crippen LogP contribution in [-0.4, -0.2) is 35.4 Å². The van der Waals surface area contributed by atoms with Gasteiger partial charge in [0.1, 0.15) is 12.1 Å². The van der Waals surface area contributed by atoms with Gasteiger partial charge in [-0.3, -0.25) is 14.8 Å². The third-order valence-electron chi connectivity index (χ3n) is 5.66. The molecule has 3 heterocycles. The van der Waals surface area contributed by atoms with Crippen molar-refractivity contribution in [2.75, 3.05) is 5.32 Å². The number of nitrogens with zero attached hydrogens (tertiary/aromatic N) is 6. The number of aryl methyl sites for hydroxylation is 1. The van der Waals surface area contributed by atoms with Crippen molar-refractivity contribution < 1.29 is 9.18 Å². The predicted octanol–water partition coefficient (Wildman–Crippen LogP) is 4.46. The zero-order valence-corrected chi connectivity index (χ0v) is 18.7. The normalized spacial score (nSPS) is 11.1. The summed E-state index contributed by atoms with van der Waals surface area (Å²) in [6.45, 7) is 5.17. The highest BCUT2D eigenvalue weighted by molar-refractivity contribution is 6.12. The molecule has 0 radical (unpaired) electrons. The number of rotatable bonds is 6. The molecule has 0 fully saturated rings. The third kappa shape index (κ3) is 4.15. The van der Waals surface area contributed by atoms with Gasteiger partial charge < -0.3 is 0 Å². The summed E-state index contributed by atoms with van der Waals surface area (Å²) in [5.74, 6) is -0.444. The molecule has 5 aromatic rings. The van der Waals surface area contributed by atoms with Gasteiger partial charge in [-0.05, 0) is 43.7 Å². The Morgan fingerprint density at radius 2 is 1.91 bits per heavy atom. The minimum Gasteiger partial charge on any atom is -0.289 e. The lowest BCUT2D eigenvalue weighted by atomic mass is 10.0. The maximum atomic E-state index is 13.3. The molecule has 0 unspecified atom stereocenters. The second kappa shape index (κ2) is 8.86. The van der Waals surface area contributed by atoms with E-state index in [1.165, 1.54) is 18.5 Å². The van der Waals surface area contributed by atoms with Gasteiger partial charge in [0.05, 0.1) is 29.5 Å². The van der Waals surface area contributed by atoms with Gasteiger partial charge in [-0.1, -0.05) is 30.3 Å². The Balaban J connectivity index is 1.44. The highest BCUT2D eigenvalue weighted by atomic mass is 19.1. The van der Waals surface area contributed by atoms with Crippen molar-refractivity contribution in [3.05, 3.63) is 89.8 Å². The molecule has 2 aromatic carbocycles. The van der Waals surface area contributed by atoms with Crippen LogP contribution in [0.5, 0.6) is 0 Å². The van der Waals surface area contributed by atoms with Crippen molar-refractivity contribution in [1.29, 1.82) is 0 Å². The van der Waals surface area contributed by atoms with E-state index < -0.39 is 0 Å². The predicted molar refractivity (Wildman–Crippen MR) is 127 cm³/mol. The molecule has 1 amide bonds. The number of carbonyl (C=O) groups is 1. The molecular weight excluding hydrogens is 433 g/mol. The molecule has 170 valence electrons. The van der Waals surface area contributed by atoms with E-state index in [1.807, 2.05) is 42.8 Å². The van der Waals surface area contributed by atoms with Crippen LogP contribution in [0.3, 0.4) is 0 Å². The first-order chi connectivity index (χ1) is 16.5. The standard InChI is InChI=1S/C25H22FN7O/c1-3-33-16(2)21(13-28-33)23-12-20(19-6-4-5-7-22(19)29-23)24(34)30-25-27-15-32(31-25)14-17-8-10-18(26)11-9-17/h4-13,15H,3,14H2,1-2H3,(H,30,31,34). The zero-order valence-electron chi connectivity index (χ0n) is 18.7. The van der Waals surface area contributed by atoms with Crippen LogP contribution in [0.1, 0.15) is 28.5 Å². The van der Waals surface area contributed by atoms with E-state index in [9.17, 15) is 9.18 Å². The Morgan fingerprint density at radius 1 is 1.12 bits per heavy atom. The monoisotopic (exact) mass is 455 g/mol. The van der Waals surface area contributed by atoms with Gasteiger partial charge in [0.15, 0.2) is 0 Å². The van der Waals surface area contributed by atoms with Crippen molar-refractivity contribution in [3.63, 3.8) is 0 Å². The molecule has 0 saturated carbocycles. The Labute approximate surface area is 195 Å². The smallest absolute Gasteiger partial charge is 0.258 e. The number of para-hydroxylation sites is 1. The maximum absolute atomic E-state index is 13.3. The Kier molecular flexibility index (Phi) is 5.59. The second-order valence-corrected chi connectivity index (χ2v) is 7.88. The molecule has 5 rings (SSSR count). The molecule has 0 saturated heterocycles. The van der Waals surface area contributed by atoms with Crippen LogP contribution in [-0.2, 0) is 13.1 Å². The van der Waals surface area contributed by atoms with Crippen molar-refractivity contribution >= 4 is 22.8 Å². The van der Waals surface area contributed by atoms with E-state index in [1.54, 1.807) is 29.1 Å². The summed E-state index contributed by atoms with van der Waals surface area (Å²) in [6.07, 6.45) is 3.30. The quantitative estimate of drug-likeness (QED) is 0.408. The van der Waals surface area contributed by atoms with Gasteiger partial charge in [0, 0.05) is 23.2 Å². The van der Waals surface area contributed by atoms with Gasteiger partial charge in [-0.2, -0.15) is 5.10 Å². The maximum Gasteiger partial charge on any atom is 0.258 e. The topological polar surface area (TPSA) is 90.5 Å². The fraction of sp³-hybridized carbons (Fsp3) is 0.160. The van der Waals surface area contributed by atoms with E-state index in [4.69, 9.17) is 4.98 Å². The van der Waals surface area contributed by atoms with Gasteiger partial charge in [-0.15, -0.1) is 5.10 Å². The number of pyridine rings is 1. The summed E-state index contributed by atoms with van der Waals surface area (Å²) in [5.41, 5.74) is 4.59. The minimum atomic E-state index is -0.333. The molecule has 0 bridgehead atoms. The molecule has 8 nitrogen and oxygen atoms in total. The lowest BCUT2D eigenvalue weighted by Gasteiger charge is -2.09. The number of benzene rings is 2. The minimum absolute atomic E-state index is 0.185. The number of nitrogens with one attached hydrogen (secondary N) is 1. The van der Waals surface area contributed by atoms with Crippen LogP contribution in [0.15, 0.2) is 67.1 Å². The number of hydrogen-bond donors (Lipinski definition) is 1. The fourth-order valence-corrected chi connectivity index (χ4v) is 3.89. The molecule has 34 heavy (non-hydrogen) atoms. The molecular formula is C25H22FN7O. The fourth-order valence-electron chi connectivity index (χ4n) is 3.89. The SMILES string of the molecule is CCn1ncc(-c2cc(C(=O)Nc3ncn(Cc4ccc(F)cc4)n3)c3ccccc3n2)c1C. The van der Waals surface area contributed by atoms with E-state index >= 15 is 0 Å². The van der Waals surface area contributed by atoms with E-state index in [-0.39, 0.29) is 17.7 Å². The van der Waals surface area contributed by atoms with Gasteiger partial charge >= 0.3 is 0 Å². The highest BCUT2D eigenvalue weighted by Crippen LogP contribution is 2.27. The Bertz CT molecular complexity index is 1490. The van der Waals surface area contributed by atoms with Crippen LogP contribution >= 0.6 is 0 Å². The summed E-state index contributed by atoms with van der Waals surface area (Å²) in [7, 11) is 0. The number of carbonyl (C=O) groups excluding carboxylic acids is 1. The summed E-state index contributed by atoms with van der Waals surface area (Å²) in [6, 6.07) is 15.4. The Morgan fingerprint density at radius 3 is 2.68 bits per heavy atom. The van der Waals surface area contributed by atoms with E-state index in [2.05, 4.69) is 20.5 Å². The van der Waals surface area contributed by atoms with Crippen LogP contribution in [0.4, 0.5) is 10.3 Å². The summed E-state index contributed by atoms with van der Waals surface area (Å²) in [5, 5.41) is 12.3. The average molecular weight is 455 g/mol. The van der Waals surface area contributed by atoms with Crippen molar-refractivity contribution in [2.45, 2.75) is 26.9 Å². The molecule has 9 heteroatoms. The van der Waals surface area contributed by atoms with E-state index in [0.29, 0.717) is 23.3 Å². The number of fused-ring (bicyclic) bond motifs is 1. The number of anilines is 1. The molecule has 0 aliphatic carbocycles. The number of amides is 1. The van der Waals surface area contributed by atoms with E-state index in [0.717, 1.165) is 28.8 Å². The largest absolute Gasteiger partial charge is 0.289 e. The third-order valence-corrected chi connectivity index (χ3v) is 5.66. The van der Waals surface area contributed by atoms with Crippen LogP contribution in [0.2, 0.25) is 0 Å². The lowest BCUT2D eigenvalue weighted by Crippen LogP contribution is -2.14. The second-order valence-electron chi connectivity index (χ2n) is 7.88. The first-order valence-corrected chi connectivity index (χ1v) is 10.9. The van der Waals surface area contributed by atoms with Crippen LogP contribution in [0.25, 0.3) is 22.2 Å². The molecule has 3 aromatic heterocycles. The van der Waals surface area contributed by atoms with Gasteiger partial charge in [0.2, 0.25) is 5.95 Å². The molecule has 1 N–H and O–H groups in total.